The molecule has 0 bridgehead atoms. The average molecular weight is 361 g/mol. The summed E-state index contributed by atoms with van der Waals surface area (Å²) in [5.41, 5.74) is 2.23. The van der Waals surface area contributed by atoms with Crippen LogP contribution in [-0.4, -0.2) is 42.8 Å². The fraction of sp³-hybridized carbons (Fsp3) is 0.579. The van der Waals surface area contributed by atoms with Crippen LogP contribution >= 0.6 is 0 Å². The first-order valence-corrected chi connectivity index (χ1v) is 8.97. The van der Waals surface area contributed by atoms with Gasteiger partial charge in [0.25, 0.3) is 0 Å². The van der Waals surface area contributed by atoms with Crippen molar-refractivity contribution in [3.63, 3.8) is 0 Å². The Hall–Kier alpha value is -2.44. The van der Waals surface area contributed by atoms with Crippen LogP contribution in [0.5, 0.6) is 5.75 Å². The van der Waals surface area contributed by atoms with Crippen LogP contribution in [0, 0.1) is 0 Å². The van der Waals surface area contributed by atoms with E-state index in [0.717, 1.165) is 23.2 Å². The monoisotopic (exact) mass is 361 g/mol. The zero-order valence-corrected chi connectivity index (χ0v) is 16.1. The van der Waals surface area contributed by atoms with Crippen LogP contribution in [0.3, 0.4) is 0 Å². The van der Waals surface area contributed by atoms with E-state index in [0.29, 0.717) is 25.4 Å². The normalized spacial score (nSPS) is 19.9. The molecule has 1 N–H and O–H groups in total. The molecule has 0 spiro atoms. The summed E-state index contributed by atoms with van der Waals surface area (Å²) >= 11 is 0. The van der Waals surface area contributed by atoms with Crippen LogP contribution in [0.25, 0.3) is 0 Å². The molecule has 2 heterocycles. The van der Waals surface area contributed by atoms with E-state index in [2.05, 4.69) is 5.32 Å². The molecule has 2 aliphatic rings. The number of rotatable bonds is 2. The SMILES string of the molecule is COc1cc2c(cc1N1CCCNC1=O)CN(C(=O)OC(C)(C)C)C2C. The minimum Gasteiger partial charge on any atom is -0.495 e. The van der Waals surface area contributed by atoms with Crippen molar-refractivity contribution < 1.29 is 19.1 Å². The number of benzene rings is 1. The Morgan fingerprint density at radius 1 is 1.31 bits per heavy atom. The summed E-state index contributed by atoms with van der Waals surface area (Å²) in [5.74, 6) is 0.638. The lowest BCUT2D eigenvalue weighted by molar-refractivity contribution is 0.0187. The first-order valence-electron chi connectivity index (χ1n) is 8.97. The first-order chi connectivity index (χ1) is 12.2. The van der Waals surface area contributed by atoms with Gasteiger partial charge in [0.2, 0.25) is 0 Å². The van der Waals surface area contributed by atoms with E-state index in [1.54, 1.807) is 16.9 Å². The van der Waals surface area contributed by atoms with E-state index >= 15 is 0 Å². The maximum atomic E-state index is 12.5. The number of nitrogens with one attached hydrogen (secondary N) is 1. The number of methoxy groups -OCH3 is 1. The van der Waals surface area contributed by atoms with E-state index in [1.807, 2.05) is 39.8 Å². The predicted molar refractivity (Wildman–Crippen MR) is 98.5 cm³/mol. The third kappa shape index (κ3) is 3.43. The van der Waals surface area contributed by atoms with Crippen molar-refractivity contribution in [1.82, 2.24) is 10.2 Å². The van der Waals surface area contributed by atoms with Gasteiger partial charge in [-0.25, -0.2) is 9.59 Å². The molecule has 0 saturated carbocycles. The molecule has 7 heteroatoms. The summed E-state index contributed by atoms with van der Waals surface area (Å²) in [5, 5.41) is 2.86. The maximum Gasteiger partial charge on any atom is 0.411 e. The third-order valence-electron chi connectivity index (χ3n) is 4.70. The largest absolute Gasteiger partial charge is 0.495 e. The van der Waals surface area contributed by atoms with Gasteiger partial charge in [0.15, 0.2) is 0 Å². The van der Waals surface area contributed by atoms with Crippen LogP contribution < -0.4 is 15.0 Å². The zero-order chi connectivity index (χ0) is 19.1. The smallest absolute Gasteiger partial charge is 0.411 e. The van der Waals surface area contributed by atoms with Crippen LogP contribution in [0.1, 0.15) is 51.3 Å². The molecular weight excluding hydrogens is 334 g/mol. The standard InChI is InChI=1S/C19H27N3O4/c1-12-14-10-16(25-5)15(21-8-6-7-20-17(21)23)9-13(14)11-22(12)18(24)26-19(2,3)4/h9-10,12H,6-8,11H2,1-5H3,(H,20,23). The zero-order valence-electron chi connectivity index (χ0n) is 16.1. The molecule has 1 saturated heterocycles. The lowest BCUT2D eigenvalue weighted by Gasteiger charge is -2.29. The van der Waals surface area contributed by atoms with Gasteiger partial charge >= 0.3 is 12.1 Å². The molecule has 0 radical (unpaired) electrons. The molecule has 1 fully saturated rings. The highest BCUT2D eigenvalue weighted by atomic mass is 16.6. The van der Waals surface area contributed by atoms with Crippen LogP contribution in [0.15, 0.2) is 12.1 Å². The third-order valence-corrected chi connectivity index (χ3v) is 4.70. The molecular formula is C19H27N3O4. The summed E-state index contributed by atoms with van der Waals surface area (Å²) in [6.07, 6.45) is 0.546. The number of carbonyl (C=O) groups is 2. The molecule has 1 aromatic rings. The van der Waals surface area contributed by atoms with E-state index in [-0.39, 0.29) is 18.2 Å². The van der Waals surface area contributed by atoms with Gasteiger partial charge in [0.05, 0.1) is 25.4 Å². The maximum absolute atomic E-state index is 12.5. The number of urea groups is 1. The number of amides is 3. The van der Waals surface area contributed by atoms with E-state index < -0.39 is 5.60 Å². The minimum atomic E-state index is -0.541. The van der Waals surface area contributed by atoms with Gasteiger partial charge in [-0.15, -0.1) is 0 Å². The number of hydrogen-bond acceptors (Lipinski definition) is 4. The molecule has 0 aliphatic carbocycles. The van der Waals surface area contributed by atoms with Crippen molar-refractivity contribution in [2.24, 2.45) is 0 Å². The van der Waals surface area contributed by atoms with Crippen LogP contribution in [0.4, 0.5) is 15.3 Å². The lowest BCUT2D eigenvalue weighted by Crippen LogP contribution is -2.46. The molecule has 3 amide bonds. The van der Waals surface area contributed by atoms with Crippen molar-refractivity contribution >= 4 is 17.8 Å². The van der Waals surface area contributed by atoms with Gasteiger partial charge in [-0.1, -0.05) is 0 Å². The second-order valence-corrected chi connectivity index (χ2v) is 7.74. The number of hydrogen-bond donors (Lipinski definition) is 1. The predicted octanol–water partition coefficient (Wildman–Crippen LogP) is 3.43. The molecule has 142 valence electrons. The summed E-state index contributed by atoms with van der Waals surface area (Å²) in [4.78, 5) is 28.2. The van der Waals surface area contributed by atoms with Gasteiger partial charge in [0.1, 0.15) is 11.4 Å². The molecule has 26 heavy (non-hydrogen) atoms. The summed E-state index contributed by atoms with van der Waals surface area (Å²) < 4.78 is 11.1. The molecule has 0 aromatic heterocycles. The van der Waals surface area contributed by atoms with Gasteiger partial charge in [0, 0.05) is 13.1 Å². The average Bonchev–Trinajstić information content (AvgIpc) is 2.89. The summed E-state index contributed by atoms with van der Waals surface area (Å²) in [7, 11) is 1.60. The Kier molecular flexibility index (Phi) is 4.73. The number of anilines is 1. The summed E-state index contributed by atoms with van der Waals surface area (Å²) in [6, 6.07) is 3.66. The Morgan fingerprint density at radius 2 is 2.04 bits per heavy atom. The van der Waals surface area contributed by atoms with Crippen molar-refractivity contribution in [1.29, 1.82) is 0 Å². The van der Waals surface area contributed by atoms with Crippen LogP contribution in [0.2, 0.25) is 0 Å². The highest BCUT2D eigenvalue weighted by molar-refractivity contribution is 5.94. The summed E-state index contributed by atoms with van der Waals surface area (Å²) in [6.45, 7) is 9.33. The van der Waals surface area contributed by atoms with Gasteiger partial charge in [-0.2, -0.15) is 0 Å². The molecule has 1 aromatic carbocycles. The molecule has 2 aliphatic heterocycles. The van der Waals surface area contributed by atoms with E-state index in [1.165, 1.54) is 0 Å². The second kappa shape index (κ2) is 6.70. The fourth-order valence-corrected chi connectivity index (χ4v) is 3.42. The molecule has 1 atom stereocenters. The number of fused-ring (bicyclic) bond motifs is 1. The van der Waals surface area contributed by atoms with Crippen molar-refractivity contribution in [3.05, 3.63) is 23.3 Å². The van der Waals surface area contributed by atoms with Crippen molar-refractivity contribution in [2.45, 2.75) is 52.3 Å². The van der Waals surface area contributed by atoms with Gasteiger partial charge in [-0.3, -0.25) is 9.80 Å². The molecule has 7 nitrogen and oxygen atoms in total. The Balaban J connectivity index is 1.91. The minimum absolute atomic E-state index is 0.113. The van der Waals surface area contributed by atoms with Gasteiger partial charge < -0.3 is 14.8 Å². The number of nitrogens with zero attached hydrogens (tertiary/aromatic N) is 2. The lowest BCUT2D eigenvalue weighted by atomic mass is 10.0. The number of ether oxygens (including phenoxy) is 2. The van der Waals surface area contributed by atoms with Gasteiger partial charge in [-0.05, 0) is 57.4 Å². The quantitative estimate of drug-likeness (QED) is 0.876. The van der Waals surface area contributed by atoms with E-state index in [9.17, 15) is 9.59 Å². The highest BCUT2D eigenvalue weighted by Crippen LogP contribution is 2.41. The van der Waals surface area contributed by atoms with Crippen molar-refractivity contribution in [2.75, 3.05) is 25.1 Å². The number of carbonyl (C=O) groups excluding carboxylic acids is 2. The Labute approximate surface area is 154 Å². The second-order valence-electron chi connectivity index (χ2n) is 7.74. The Morgan fingerprint density at radius 3 is 2.65 bits per heavy atom. The first kappa shape index (κ1) is 18.4. The van der Waals surface area contributed by atoms with Crippen LogP contribution in [-0.2, 0) is 11.3 Å². The Bertz CT molecular complexity index is 726. The molecule has 3 rings (SSSR count). The topological polar surface area (TPSA) is 71.1 Å². The fourth-order valence-electron chi connectivity index (χ4n) is 3.42. The highest BCUT2D eigenvalue weighted by Gasteiger charge is 2.35. The van der Waals surface area contributed by atoms with E-state index in [4.69, 9.17) is 9.47 Å². The molecule has 1 unspecified atom stereocenters. The van der Waals surface area contributed by atoms with Crippen molar-refractivity contribution in [3.8, 4) is 5.75 Å².